The van der Waals surface area contributed by atoms with Gasteiger partial charge in [-0.05, 0) is 24.6 Å². The number of anilines is 1. The summed E-state index contributed by atoms with van der Waals surface area (Å²) in [6.45, 7) is 4.38. The molecule has 1 aromatic carbocycles. The topological polar surface area (TPSA) is 88.4 Å². The van der Waals surface area contributed by atoms with Gasteiger partial charge in [0.05, 0.1) is 11.3 Å². The first kappa shape index (κ1) is 15.5. The molecule has 1 heterocycles. The summed E-state index contributed by atoms with van der Waals surface area (Å²) in [5.41, 5.74) is 0.245. The molecule has 0 saturated carbocycles. The number of carbonyl (C=O) groups excluding carboxylic acids is 2. The number of esters is 2. The third-order valence-corrected chi connectivity index (χ3v) is 2.91. The van der Waals surface area contributed by atoms with E-state index in [9.17, 15) is 14.0 Å². The fraction of sp³-hybridized carbons (Fsp3) is 0.267. The van der Waals surface area contributed by atoms with Gasteiger partial charge < -0.3 is 14.8 Å². The van der Waals surface area contributed by atoms with Gasteiger partial charge in [-0.15, -0.1) is 0 Å². The summed E-state index contributed by atoms with van der Waals surface area (Å²) >= 11 is 0. The van der Waals surface area contributed by atoms with E-state index in [4.69, 9.17) is 14.7 Å². The van der Waals surface area contributed by atoms with Crippen molar-refractivity contribution in [1.82, 2.24) is 0 Å². The second-order valence-electron chi connectivity index (χ2n) is 5.14. The molecule has 0 unspecified atom stereocenters. The van der Waals surface area contributed by atoms with Crippen LogP contribution < -0.4 is 5.32 Å². The van der Waals surface area contributed by atoms with Crippen molar-refractivity contribution in [3.8, 4) is 6.07 Å². The molecule has 0 radical (unpaired) electrons. The summed E-state index contributed by atoms with van der Waals surface area (Å²) in [6, 6.07) is 4.36. The number of nitrogens with one attached hydrogen (secondary N) is 1. The van der Waals surface area contributed by atoms with Gasteiger partial charge in [0.2, 0.25) is 0 Å². The van der Waals surface area contributed by atoms with Gasteiger partial charge in [0, 0.05) is 20.0 Å². The molecule has 0 bridgehead atoms. The van der Waals surface area contributed by atoms with Gasteiger partial charge in [-0.2, -0.15) is 5.26 Å². The lowest BCUT2D eigenvalue weighted by Crippen LogP contribution is -2.42. The quantitative estimate of drug-likeness (QED) is 0.511. The number of hydrogen-bond donors (Lipinski definition) is 1. The van der Waals surface area contributed by atoms with E-state index in [2.05, 4.69) is 5.32 Å². The zero-order chi connectivity index (χ0) is 16.5. The van der Waals surface area contributed by atoms with Crippen molar-refractivity contribution >= 4 is 17.6 Å². The van der Waals surface area contributed by atoms with Crippen LogP contribution >= 0.6 is 0 Å². The molecule has 1 aromatic rings. The average molecular weight is 304 g/mol. The van der Waals surface area contributed by atoms with Crippen LogP contribution in [0.25, 0.3) is 0 Å². The smallest absolute Gasteiger partial charge is 0.350 e. The van der Waals surface area contributed by atoms with Crippen LogP contribution in [-0.2, 0) is 19.1 Å². The van der Waals surface area contributed by atoms with Crippen LogP contribution in [0.5, 0.6) is 0 Å². The molecule has 1 saturated heterocycles. The lowest BCUT2D eigenvalue weighted by Gasteiger charge is -2.29. The number of halogens is 1. The fourth-order valence-corrected chi connectivity index (χ4v) is 1.82. The first-order chi connectivity index (χ1) is 10.2. The second kappa shape index (κ2) is 5.48. The Hall–Kier alpha value is -2.88. The number of rotatable bonds is 2. The van der Waals surface area contributed by atoms with Crippen molar-refractivity contribution in [1.29, 1.82) is 5.26 Å². The minimum Gasteiger partial charge on any atom is -0.419 e. The predicted molar refractivity (Wildman–Crippen MR) is 73.8 cm³/mol. The minimum atomic E-state index is -1.33. The van der Waals surface area contributed by atoms with Crippen LogP contribution in [0.1, 0.15) is 25.0 Å². The van der Waals surface area contributed by atoms with Crippen LogP contribution in [0.4, 0.5) is 10.1 Å². The maximum atomic E-state index is 13.6. The number of ether oxygens (including phenoxy) is 2. The highest BCUT2D eigenvalue weighted by Gasteiger charge is 2.38. The molecule has 1 aliphatic heterocycles. The number of carbonyl (C=O) groups is 2. The van der Waals surface area contributed by atoms with Crippen molar-refractivity contribution < 1.29 is 23.5 Å². The summed E-state index contributed by atoms with van der Waals surface area (Å²) in [5, 5.41) is 11.6. The zero-order valence-corrected chi connectivity index (χ0v) is 12.2. The fourth-order valence-electron chi connectivity index (χ4n) is 1.82. The number of aryl methyl sites for hydroxylation is 1. The van der Waals surface area contributed by atoms with E-state index in [1.54, 1.807) is 0 Å². The van der Waals surface area contributed by atoms with Crippen LogP contribution in [0.2, 0.25) is 0 Å². The Balaban J connectivity index is 2.29. The summed E-state index contributed by atoms with van der Waals surface area (Å²) in [7, 11) is 0. The highest BCUT2D eigenvalue weighted by atomic mass is 19.1. The Morgan fingerprint density at radius 3 is 2.41 bits per heavy atom. The van der Waals surface area contributed by atoms with Gasteiger partial charge in [-0.1, -0.05) is 0 Å². The van der Waals surface area contributed by atoms with Crippen molar-refractivity contribution in [2.45, 2.75) is 26.6 Å². The normalized spacial score (nSPS) is 16.4. The summed E-state index contributed by atoms with van der Waals surface area (Å²) in [4.78, 5) is 23.5. The van der Waals surface area contributed by atoms with E-state index in [1.807, 2.05) is 6.07 Å². The van der Waals surface area contributed by atoms with Crippen LogP contribution in [0, 0.1) is 24.1 Å². The molecule has 7 heteroatoms. The van der Waals surface area contributed by atoms with Gasteiger partial charge in [0.25, 0.3) is 5.79 Å². The monoisotopic (exact) mass is 304 g/mol. The standard InChI is InChI=1S/C15H13FN2O4/c1-8-4-9(6-17)12(5-11(8)16)18-7-10-13(19)21-15(2,3)22-14(10)20/h4-5,7,18H,1-3H3. The number of cyclic esters (lactones) is 2. The average Bonchev–Trinajstić information content (AvgIpc) is 2.40. The second-order valence-corrected chi connectivity index (χ2v) is 5.14. The molecule has 1 N–H and O–H groups in total. The molecular formula is C15H13FN2O4. The Morgan fingerprint density at radius 2 is 1.86 bits per heavy atom. The lowest BCUT2D eigenvalue weighted by atomic mass is 10.1. The predicted octanol–water partition coefficient (Wildman–Crippen LogP) is 2.14. The third-order valence-electron chi connectivity index (χ3n) is 2.91. The van der Waals surface area contributed by atoms with Crippen molar-refractivity contribution in [3.63, 3.8) is 0 Å². The van der Waals surface area contributed by atoms with Gasteiger partial charge in [0.1, 0.15) is 11.9 Å². The lowest BCUT2D eigenvalue weighted by molar-refractivity contribution is -0.222. The molecule has 2 rings (SSSR count). The van der Waals surface area contributed by atoms with Gasteiger partial charge >= 0.3 is 11.9 Å². The van der Waals surface area contributed by atoms with E-state index in [1.165, 1.54) is 26.8 Å². The van der Waals surface area contributed by atoms with E-state index in [-0.39, 0.29) is 16.8 Å². The Bertz CT molecular complexity index is 710. The van der Waals surface area contributed by atoms with E-state index in [0.717, 1.165) is 12.3 Å². The molecule has 0 amide bonds. The highest BCUT2D eigenvalue weighted by Crippen LogP contribution is 2.24. The molecule has 0 atom stereocenters. The Morgan fingerprint density at radius 1 is 1.27 bits per heavy atom. The molecule has 114 valence electrons. The van der Waals surface area contributed by atoms with E-state index >= 15 is 0 Å². The Labute approximate surface area is 126 Å². The summed E-state index contributed by atoms with van der Waals surface area (Å²) in [6.07, 6.45) is 1.03. The molecule has 0 spiro atoms. The van der Waals surface area contributed by atoms with Gasteiger partial charge in [-0.25, -0.2) is 14.0 Å². The maximum Gasteiger partial charge on any atom is 0.350 e. The zero-order valence-electron chi connectivity index (χ0n) is 12.2. The molecule has 22 heavy (non-hydrogen) atoms. The molecular weight excluding hydrogens is 291 g/mol. The molecule has 0 aliphatic carbocycles. The highest BCUT2D eigenvalue weighted by molar-refractivity contribution is 6.15. The van der Waals surface area contributed by atoms with Crippen molar-refractivity contribution in [3.05, 3.63) is 40.8 Å². The SMILES string of the molecule is Cc1cc(C#N)c(NC=C2C(=O)OC(C)(C)OC2=O)cc1F. The van der Waals surface area contributed by atoms with Gasteiger partial charge in [0.15, 0.2) is 5.57 Å². The van der Waals surface area contributed by atoms with E-state index in [0.29, 0.717) is 5.56 Å². The van der Waals surface area contributed by atoms with Crippen LogP contribution in [0.3, 0.4) is 0 Å². The first-order valence-corrected chi connectivity index (χ1v) is 6.37. The molecule has 0 aromatic heterocycles. The number of benzene rings is 1. The Kier molecular flexibility index (Phi) is 3.87. The van der Waals surface area contributed by atoms with Crippen LogP contribution in [-0.4, -0.2) is 17.7 Å². The number of hydrogen-bond acceptors (Lipinski definition) is 6. The largest absolute Gasteiger partial charge is 0.419 e. The number of nitriles is 1. The maximum absolute atomic E-state index is 13.6. The van der Waals surface area contributed by atoms with Crippen LogP contribution in [0.15, 0.2) is 23.9 Å². The summed E-state index contributed by atoms with van der Waals surface area (Å²) < 4.78 is 23.4. The molecule has 1 fully saturated rings. The molecule has 6 nitrogen and oxygen atoms in total. The van der Waals surface area contributed by atoms with Crippen molar-refractivity contribution in [2.24, 2.45) is 0 Å². The molecule has 1 aliphatic rings. The number of nitrogens with zero attached hydrogens (tertiary/aromatic N) is 1. The van der Waals surface area contributed by atoms with E-state index < -0.39 is 23.5 Å². The first-order valence-electron chi connectivity index (χ1n) is 6.37. The summed E-state index contributed by atoms with van der Waals surface area (Å²) in [5.74, 6) is -3.58. The van der Waals surface area contributed by atoms with Gasteiger partial charge in [-0.3, -0.25) is 0 Å². The minimum absolute atomic E-state index is 0.128. The van der Waals surface area contributed by atoms with Crippen molar-refractivity contribution in [2.75, 3.05) is 5.32 Å². The third kappa shape index (κ3) is 3.06.